The molecule has 1 fully saturated rings. The quantitative estimate of drug-likeness (QED) is 0.737. The van der Waals surface area contributed by atoms with E-state index in [0.717, 1.165) is 12.3 Å². The van der Waals surface area contributed by atoms with Gasteiger partial charge in [0.2, 0.25) is 0 Å². The summed E-state index contributed by atoms with van der Waals surface area (Å²) in [4.78, 5) is 0. The average molecular weight is 291 g/mol. The molecule has 0 radical (unpaired) electrons. The SMILES string of the molecule is CC(C)NCc1ccccc1OCCOC1CCCCC1. The average Bonchev–Trinajstić information content (AvgIpc) is 2.51. The molecule has 1 aromatic carbocycles. The Labute approximate surface area is 129 Å². The van der Waals surface area contributed by atoms with Crippen molar-refractivity contribution < 1.29 is 9.47 Å². The van der Waals surface area contributed by atoms with Crippen LogP contribution in [0.5, 0.6) is 5.75 Å². The molecule has 0 atom stereocenters. The Kier molecular flexibility index (Phi) is 7.04. The summed E-state index contributed by atoms with van der Waals surface area (Å²) in [5.74, 6) is 0.970. The third kappa shape index (κ3) is 6.06. The molecule has 0 amide bonds. The highest BCUT2D eigenvalue weighted by Gasteiger charge is 2.13. The summed E-state index contributed by atoms with van der Waals surface area (Å²) in [6.07, 6.45) is 6.89. The van der Waals surface area contributed by atoms with Crippen molar-refractivity contribution in [3.05, 3.63) is 29.8 Å². The Morgan fingerprint density at radius 1 is 1.10 bits per heavy atom. The molecular weight excluding hydrogens is 262 g/mol. The third-order valence-electron chi connectivity index (χ3n) is 3.92. The summed E-state index contributed by atoms with van der Waals surface area (Å²) >= 11 is 0. The third-order valence-corrected chi connectivity index (χ3v) is 3.92. The Hall–Kier alpha value is -1.06. The summed E-state index contributed by atoms with van der Waals surface area (Å²) in [6.45, 7) is 6.48. The molecule has 0 aromatic heterocycles. The van der Waals surface area contributed by atoms with E-state index in [2.05, 4.69) is 31.3 Å². The lowest BCUT2D eigenvalue weighted by atomic mass is 9.98. The first-order valence-corrected chi connectivity index (χ1v) is 8.31. The number of ether oxygens (including phenoxy) is 2. The second kappa shape index (κ2) is 9.06. The molecule has 3 nitrogen and oxygen atoms in total. The summed E-state index contributed by atoms with van der Waals surface area (Å²) in [5, 5.41) is 3.43. The van der Waals surface area contributed by atoms with E-state index in [1.165, 1.54) is 37.7 Å². The van der Waals surface area contributed by atoms with Crippen LogP contribution in [-0.4, -0.2) is 25.4 Å². The lowest BCUT2D eigenvalue weighted by molar-refractivity contribution is 0.0128. The van der Waals surface area contributed by atoms with Crippen LogP contribution in [0.1, 0.15) is 51.5 Å². The molecule has 1 N–H and O–H groups in total. The van der Waals surface area contributed by atoms with Gasteiger partial charge in [-0.1, -0.05) is 51.3 Å². The summed E-state index contributed by atoms with van der Waals surface area (Å²) in [7, 11) is 0. The fourth-order valence-corrected chi connectivity index (χ4v) is 2.70. The van der Waals surface area contributed by atoms with Crippen LogP contribution in [0, 0.1) is 0 Å². The molecule has 0 heterocycles. The maximum Gasteiger partial charge on any atom is 0.123 e. The largest absolute Gasteiger partial charge is 0.491 e. The highest BCUT2D eigenvalue weighted by atomic mass is 16.5. The van der Waals surface area contributed by atoms with E-state index in [4.69, 9.17) is 9.47 Å². The predicted molar refractivity (Wildman–Crippen MR) is 86.7 cm³/mol. The van der Waals surface area contributed by atoms with Crippen molar-refractivity contribution in [2.45, 2.75) is 64.6 Å². The number of rotatable bonds is 8. The van der Waals surface area contributed by atoms with Gasteiger partial charge in [0.15, 0.2) is 0 Å². The molecule has 3 heteroatoms. The molecule has 1 aromatic rings. The van der Waals surface area contributed by atoms with Gasteiger partial charge in [-0.2, -0.15) is 0 Å². The Morgan fingerprint density at radius 2 is 1.86 bits per heavy atom. The van der Waals surface area contributed by atoms with Crippen molar-refractivity contribution in [3.8, 4) is 5.75 Å². The summed E-state index contributed by atoms with van der Waals surface area (Å²) in [6, 6.07) is 8.72. The van der Waals surface area contributed by atoms with Crippen molar-refractivity contribution >= 4 is 0 Å². The summed E-state index contributed by atoms with van der Waals surface area (Å²) in [5.41, 5.74) is 1.21. The van der Waals surface area contributed by atoms with Crippen LogP contribution in [0.3, 0.4) is 0 Å². The van der Waals surface area contributed by atoms with Gasteiger partial charge in [-0.05, 0) is 18.9 Å². The van der Waals surface area contributed by atoms with Crippen molar-refractivity contribution in [3.63, 3.8) is 0 Å². The van der Waals surface area contributed by atoms with Gasteiger partial charge in [0.1, 0.15) is 12.4 Å². The molecule has 0 spiro atoms. The van der Waals surface area contributed by atoms with E-state index in [1.54, 1.807) is 0 Å². The molecule has 21 heavy (non-hydrogen) atoms. The number of nitrogens with one attached hydrogen (secondary N) is 1. The molecule has 0 bridgehead atoms. The van der Waals surface area contributed by atoms with Crippen molar-refractivity contribution in [2.75, 3.05) is 13.2 Å². The van der Waals surface area contributed by atoms with Gasteiger partial charge in [-0.25, -0.2) is 0 Å². The minimum absolute atomic E-state index is 0.459. The fraction of sp³-hybridized carbons (Fsp3) is 0.667. The highest BCUT2D eigenvalue weighted by molar-refractivity contribution is 5.33. The smallest absolute Gasteiger partial charge is 0.123 e. The standard InChI is InChI=1S/C18H29NO2/c1-15(2)19-14-16-8-6-7-11-18(16)21-13-12-20-17-9-4-3-5-10-17/h6-8,11,15,17,19H,3-5,9-10,12-14H2,1-2H3. The van der Waals surface area contributed by atoms with E-state index < -0.39 is 0 Å². The molecular formula is C18H29NO2. The molecule has 1 aliphatic rings. The van der Waals surface area contributed by atoms with Crippen LogP contribution in [0.2, 0.25) is 0 Å². The monoisotopic (exact) mass is 291 g/mol. The van der Waals surface area contributed by atoms with E-state index in [-0.39, 0.29) is 0 Å². The van der Waals surface area contributed by atoms with Gasteiger partial charge >= 0.3 is 0 Å². The zero-order valence-corrected chi connectivity index (χ0v) is 13.4. The lowest BCUT2D eigenvalue weighted by Gasteiger charge is -2.22. The second-order valence-corrected chi connectivity index (χ2v) is 6.12. The van der Waals surface area contributed by atoms with Gasteiger partial charge in [0, 0.05) is 18.2 Å². The Balaban J connectivity index is 1.71. The maximum atomic E-state index is 5.90. The zero-order valence-electron chi connectivity index (χ0n) is 13.4. The first kappa shape index (κ1) is 16.3. The number of hydrogen-bond donors (Lipinski definition) is 1. The molecule has 118 valence electrons. The molecule has 1 saturated carbocycles. The first-order chi connectivity index (χ1) is 10.3. The minimum atomic E-state index is 0.459. The van der Waals surface area contributed by atoms with Crippen LogP contribution in [-0.2, 0) is 11.3 Å². The van der Waals surface area contributed by atoms with Crippen LogP contribution >= 0.6 is 0 Å². The van der Waals surface area contributed by atoms with Gasteiger partial charge in [0.25, 0.3) is 0 Å². The van der Waals surface area contributed by atoms with Gasteiger partial charge in [-0.3, -0.25) is 0 Å². The second-order valence-electron chi connectivity index (χ2n) is 6.12. The Morgan fingerprint density at radius 3 is 2.62 bits per heavy atom. The van der Waals surface area contributed by atoms with E-state index >= 15 is 0 Å². The van der Waals surface area contributed by atoms with E-state index in [1.807, 2.05) is 12.1 Å². The normalized spacial score (nSPS) is 16.3. The lowest BCUT2D eigenvalue weighted by Crippen LogP contribution is -2.22. The first-order valence-electron chi connectivity index (χ1n) is 8.31. The molecule has 0 saturated heterocycles. The van der Waals surface area contributed by atoms with E-state index in [0.29, 0.717) is 25.4 Å². The van der Waals surface area contributed by atoms with Gasteiger partial charge in [-0.15, -0.1) is 0 Å². The molecule has 1 aliphatic carbocycles. The number of hydrogen-bond acceptors (Lipinski definition) is 3. The minimum Gasteiger partial charge on any atom is -0.491 e. The van der Waals surface area contributed by atoms with Crippen LogP contribution in [0.4, 0.5) is 0 Å². The fourth-order valence-electron chi connectivity index (χ4n) is 2.70. The molecule has 2 rings (SSSR count). The predicted octanol–water partition coefficient (Wildman–Crippen LogP) is 3.91. The summed E-state index contributed by atoms with van der Waals surface area (Å²) < 4.78 is 11.8. The number of para-hydroxylation sites is 1. The Bertz CT molecular complexity index is 400. The highest BCUT2D eigenvalue weighted by Crippen LogP contribution is 2.21. The van der Waals surface area contributed by atoms with Crippen molar-refractivity contribution in [2.24, 2.45) is 0 Å². The molecule has 0 unspecified atom stereocenters. The zero-order chi connectivity index (χ0) is 14.9. The maximum absolute atomic E-state index is 5.90. The number of benzene rings is 1. The van der Waals surface area contributed by atoms with Crippen LogP contribution in [0.15, 0.2) is 24.3 Å². The van der Waals surface area contributed by atoms with Crippen LogP contribution < -0.4 is 10.1 Å². The van der Waals surface area contributed by atoms with Crippen molar-refractivity contribution in [1.29, 1.82) is 0 Å². The topological polar surface area (TPSA) is 30.5 Å². The van der Waals surface area contributed by atoms with Crippen molar-refractivity contribution in [1.82, 2.24) is 5.32 Å². The molecule has 0 aliphatic heterocycles. The van der Waals surface area contributed by atoms with Gasteiger partial charge in [0.05, 0.1) is 12.7 Å². The van der Waals surface area contributed by atoms with Crippen LogP contribution in [0.25, 0.3) is 0 Å². The van der Waals surface area contributed by atoms with E-state index in [9.17, 15) is 0 Å². The van der Waals surface area contributed by atoms with Gasteiger partial charge < -0.3 is 14.8 Å².